The molecule has 0 bridgehead atoms. The molecule has 0 radical (unpaired) electrons. The Balaban J connectivity index is 1.87. The van der Waals surface area contributed by atoms with Crippen molar-refractivity contribution in [1.29, 1.82) is 0 Å². The molecule has 0 unspecified atom stereocenters. The normalized spacial score (nSPS) is 11.1. The van der Waals surface area contributed by atoms with Crippen LogP contribution in [0.2, 0.25) is 0 Å². The molecule has 3 rings (SSSR count). The minimum absolute atomic E-state index is 0.0395. The van der Waals surface area contributed by atoms with Gasteiger partial charge in [0.15, 0.2) is 36.3 Å². The van der Waals surface area contributed by atoms with Crippen LogP contribution >= 0.6 is 11.3 Å². The maximum atomic E-state index is 14.3. The molecule has 2 nitrogen and oxygen atoms in total. The molecular weight excluding hydrogens is 311 g/mol. The van der Waals surface area contributed by atoms with Crippen molar-refractivity contribution in [2.24, 2.45) is 0 Å². The second kappa shape index (κ2) is 5.96. The van der Waals surface area contributed by atoms with Crippen molar-refractivity contribution in [3.8, 4) is 5.75 Å². The first kappa shape index (κ1) is 14.8. The molecule has 2 aromatic heterocycles. The van der Waals surface area contributed by atoms with Gasteiger partial charge < -0.3 is 4.74 Å². The van der Waals surface area contributed by atoms with Crippen LogP contribution in [0.3, 0.4) is 0 Å². The van der Waals surface area contributed by atoms with Crippen LogP contribution in [0.15, 0.2) is 36.7 Å². The summed E-state index contributed by atoms with van der Waals surface area (Å²) >= 11 is 1.08. The van der Waals surface area contributed by atoms with Gasteiger partial charge in [-0.15, -0.1) is 11.3 Å². The van der Waals surface area contributed by atoms with Gasteiger partial charge in [-0.25, -0.2) is 13.3 Å². The lowest BCUT2D eigenvalue weighted by Gasteiger charge is -2.08. The monoisotopic (exact) mass is 324 g/mol. The van der Waals surface area contributed by atoms with Gasteiger partial charge in [-0.2, -0.15) is 4.39 Å². The molecule has 0 atom stereocenters. The van der Waals surface area contributed by atoms with E-state index in [1.165, 1.54) is 6.07 Å². The summed E-state index contributed by atoms with van der Waals surface area (Å²) in [7, 11) is 0. The minimum Gasteiger partial charge on any atom is -0.481 e. The lowest BCUT2D eigenvalue weighted by atomic mass is 10.2. The number of hydrogen-bond donors (Lipinski definition) is 0. The van der Waals surface area contributed by atoms with E-state index < -0.39 is 23.2 Å². The molecule has 1 aromatic carbocycles. The predicted octanol–water partition coefficient (Wildman–Crippen LogP) is 3.99. The third-order valence-electron chi connectivity index (χ3n) is 3.26. The number of aryl methyl sites for hydroxylation is 1. The summed E-state index contributed by atoms with van der Waals surface area (Å²) in [6.07, 6.45) is 3.62. The molecule has 22 heavy (non-hydrogen) atoms. The highest BCUT2D eigenvalue weighted by Gasteiger charge is 2.23. The largest absolute Gasteiger partial charge is 0.481 e. The first-order chi connectivity index (χ1) is 10.6. The Hall–Kier alpha value is -2.08. The molecule has 2 heterocycles. The molecule has 114 valence electrons. The van der Waals surface area contributed by atoms with Crippen molar-refractivity contribution in [3.63, 3.8) is 0 Å². The average molecular weight is 324 g/mol. The number of halogens is 3. The summed E-state index contributed by atoms with van der Waals surface area (Å²) in [4.78, 5) is 0.712. The minimum atomic E-state index is -1.28. The van der Waals surface area contributed by atoms with Gasteiger partial charge >= 0.3 is 0 Å². The molecule has 0 fully saturated rings. The zero-order valence-electron chi connectivity index (χ0n) is 11.8. The molecule has 0 spiro atoms. The van der Waals surface area contributed by atoms with Gasteiger partial charge in [-0.1, -0.05) is 6.07 Å². The molecule has 0 aliphatic rings. The van der Waals surface area contributed by atoms with Crippen LogP contribution in [0, 0.1) is 24.4 Å². The van der Waals surface area contributed by atoms with Crippen LogP contribution in [-0.4, -0.2) is 6.61 Å². The number of thiophene rings is 1. The summed E-state index contributed by atoms with van der Waals surface area (Å²) in [5.74, 6) is -3.84. The summed E-state index contributed by atoms with van der Waals surface area (Å²) in [6.45, 7) is 2.16. The summed E-state index contributed by atoms with van der Waals surface area (Å²) in [5, 5.41) is -0.0396. The molecule has 3 aromatic rings. The predicted molar refractivity (Wildman–Crippen MR) is 78.6 cm³/mol. The van der Waals surface area contributed by atoms with E-state index in [9.17, 15) is 13.2 Å². The highest BCUT2D eigenvalue weighted by Crippen LogP contribution is 2.37. The van der Waals surface area contributed by atoms with E-state index >= 15 is 0 Å². The van der Waals surface area contributed by atoms with Gasteiger partial charge in [0.1, 0.15) is 6.61 Å². The van der Waals surface area contributed by atoms with E-state index in [1.54, 1.807) is 11.5 Å². The third kappa shape index (κ3) is 2.66. The second-order valence-corrected chi connectivity index (χ2v) is 6.09. The highest BCUT2D eigenvalue weighted by molar-refractivity contribution is 7.19. The zero-order valence-corrected chi connectivity index (χ0v) is 12.6. The van der Waals surface area contributed by atoms with Crippen LogP contribution in [-0.2, 0) is 6.54 Å². The van der Waals surface area contributed by atoms with E-state index in [0.29, 0.717) is 11.4 Å². The van der Waals surface area contributed by atoms with Crippen LogP contribution in [0.25, 0.3) is 10.1 Å². The van der Waals surface area contributed by atoms with Crippen molar-refractivity contribution in [3.05, 3.63) is 59.0 Å². The number of aromatic nitrogens is 1. The van der Waals surface area contributed by atoms with Crippen LogP contribution in [0.4, 0.5) is 13.2 Å². The Morgan fingerprint density at radius 3 is 2.50 bits per heavy atom. The second-order valence-electron chi connectivity index (χ2n) is 4.83. The molecule has 0 aliphatic heterocycles. The van der Waals surface area contributed by atoms with Gasteiger partial charge in [-0.3, -0.25) is 0 Å². The average Bonchev–Trinajstić information content (AvgIpc) is 2.92. The van der Waals surface area contributed by atoms with Crippen LogP contribution < -0.4 is 9.30 Å². The third-order valence-corrected chi connectivity index (χ3v) is 4.30. The highest BCUT2D eigenvalue weighted by atomic mass is 32.1. The van der Waals surface area contributed by atoms with Gasteiger partial charge in [0.25, 0.3) is 0 Å². The first-order valence-electron chi connectivity index (χ1n) is 6.71. The van der Waals surface area contributed by atoms with Gasteiger partial charge in [0.05, 0.1) is 4.70 Å². The number of hydrogen-bond acceptors (Lipinski definition) is 2. The summed E-state index contributed by atoms with van der Waals surface area (Å²) < 4.78 is 49.3. The number of benzene rings is 1. The van der Waals surface area contributed by atoms with Crippen molar-refractivity contribution < 1.29 is 22.5 Å². The van der Waals surface area contributed by atoms with E-state index in [2.05, 4.69) is 0 Å². The first-order valence-corrected chi connectivity index (χ1v) is 7.53. The number of pyridine rings is 1. The van der Waals surface area contributed by atoms with E-state index in [1.807, 2.05) is 30.6 Å². The summed E-state index contributed by atoms with van der Waals surface area (Å²) in [5.41, 5.74) is 0. The fourth-order valence-corrected chi connectivity index (χ4v) is 3.16. The summed E-state index contributed by atoms with van der Waals surface area (Å²) in [6, 6.07) is 6.97. The SMILES string of the molecule is Cc1cc2c(F)c(F)c(OCC[n+]3ccccc3)c(F)c2s1. The Morgan fingerprint density at radius 2 is 1.77 bits per heavy atom. The topological polar surface area (TPSA) is 13.1 Å². The smallest absolute Gasteiger partial charge is 0.204 e. The van der Waals surface area contributed by atoms with Crippen molar-refractivity contribution in [2.45, 2.75) is 13.5 Å². The fourth-order valence-electron chi connectivity index (χ4n) is 2.22. The molecular formula is C16H13F3NOS+. The molecule has 0 amide bonds. The van der Waals surface area contributed by atoms with Crippen molar-refractivity contribution in [2.75, 3.05) is 6.61 Å². The molecule has 0 saturated carbocycles. The molecule has 0 N–H and O–H groups in total. The standard InChI is InChI=1S/C16H13F3NOS/c1-10-9-11-12(17)13(18)15(14(19)16(11)22-10)21-8-7-20-5-3-2-4-6-20/h2-6,9H,7-8H2,1H3/q+1. The van der Waals surface area contributed by atoms with E-state index in [-0.39, 0.29) is 16.7 Å². The zero-order chi connectivity index (χ0) is 15.7. The molecule has 0 aliphatic carbocycles. The number of ether oxygens (including phenoxy) is 1. The van der Waals surface area contributed by atoms with E-state index in [0.717, 1.165) is 11.3 Å². The van der Waals surface area contributed by atoms with Crippen molar-refractivity contribution >= 4 is 21.4 Å². The van der Waals surface area contributed by atoms with Crippen LogP contribution in [0.5, 0.6) is 5.75 Å². The lowest BCUT2D eigenvalue weighted by Crippen LogP contribution is -2.35. The van der Waals surface area contributed by atoms with Gasteiger partial charge in [0, 0.05) is 22.4 Å². The lowest BCUT2D eigenvalue weighted by molar-refractivity contribution is -0.697. The van der Waals surface area contributed by atoms with Gasteiger partial charge in [0.2, 0.25) is 5.82 Å². The van der Waals surface area contributed by atoms with Crippen LogP contribution in [0.1, 0.15) is 4.88 Å². The maximum absolute atomic E-state index is 14.3. The number of rotatable bonds is 4. The number of fused-ring (bicyclic) bond motifs is 1. The fraction of sp³-hybridized carbons (Fsp3) is 0.188. The van der Waals surface area contributed by atoms with Crippen molar-refractivity contribution in [1.82, 2.24) is 0 Å². The Kier molecular flexibility index (Phi) is 4.02. The molecule has 0 saturated heterocycles. The Bertz CT molecular complexity index is 817. The quantitative estimate of drug-likeness (QED) is 0.522. The number of nitrogens with zero attached hydrogens (tertiary/aromatic N) is 1. The van der Waals surface area contributed by atoms with Gasteiger partial charge in [-0.05, 0) is 13.0 Å². The Labute approximate surface area is 129 Å². The Morgan fingerprint density at radius 1 is 1.05 bits per heavy atom. The van der Waals surface area contributed by atoms with E-state index in [4.69, 9.17) is 4.74 Å². The molecule has 6 heteroatoms. The maximum Gasteiger partial charge on any atom is 0.204 e.